The highest BCUT2D eigenvalue weighted by atomic mass is 16.5. The van der Waals surface area contributed by atoms with Crippen LogP contribution in [0.3, 0.4) is 0 Å². The Bertz CT molecular complexity index is 309. The first kappa shape index (κ1) is 14.3. The highest BCUT2D eigenvalue weighted by molar-refractivity contribution is 5.11. The molecule has 0 fully saturated rings. The van der Waals surface area contributed by atoms with E-state index >= 15 is 0 Å². The Balaban J connectivity index is 2.73. The zero-order valence-electron chi connectivity index (χ0n) is 11.5. The first-order chi connectivity index (χ1) is 8.22. The van der Waals surface area contributed by atoms with Gasteiger partial charge in [-0.3, -0.25) is 0 Å². The molecule has 98 valence electrons. The zero-order valence-corrected chi connectivity index (χ0v) is 11.5. The molecule has 0 spiro atoms. The number of methoxy groups -OCH3 is 1. The average Bonchev–Trinajstić information content (AvgIpc) is 2.75. The Kier molecular flexibility index (Phi) is 6.30. The summed E-state index contributed by atoms with van der Waals surface area (Å²) in [6.45, 7) is 8.12. The lowest BCUT2D eigenvalue weighted by Gasteiger charge is -2.22. The van der Waals surface area contributed by atoms with Crippen molar-refractivity contribution >= 4 is 0 Å². The third kappa shape index (κ3) is 4.17. The van der Waals surface area contributed by atoms with Crippen molar-refractivity contribution < 1.29 is 9.15 Å². The Hall–Kier alpha value is -0.800. The molecule has 0 aromatic carbocycles. The molecular weight excluding hydrogens is 214 g/mol. The minimum absolute atomic E-state index is 0.311. The number of hydrogen-bond donors (Lipinski definition) is 1. The van der Waals surface area contributed by atoms with Crippen LogP contribution in [-0.2, 0) is 11.3 Å². The van der Waals surface area contributed by atoms with Gasteiger partial charge < -0.3 is 14.5 Å². The predicted octanol–water partition coefficient (Wildman–Crippen LogP) is 3.51. The summed E-state index contributed by atoms with van der Waals surface area (Å²) in [4.78, 5) is 0. The molecule has 3 nitrogen and oxygen atoms in total. The molecule has 1 rings (SSSR count). The van der Waals surface area contributed by atoms with Gasteiger partial charge in [0, 0.05) is 7.11 Å². The molecule has 0 saturated heterocycles. The second-order valence-corrected chi connectivity index (χ2v) is 4.54. The van der Waals surface area contributed by atoms with E-state index in [2.05, 4.69) is 32.2 Å². The van der Waals surface area contributed by atoms with Crippen LogP contribution in [0.15, 0.2) is 16.5 Å². The number of rotatable bonds is 8. The summed E-state index contributed by atoms with van der Waals surface area (Å²) in [5.74, 6) is 2.51. The van der Waals surface area contributed by atoms with E-state index in [0.29, 0.717) is 18.6 Å². The van der Waals surface area contributed by atoms with E-state index in [1.807, 2.05) is 6.07 Å². The van der Waals surface area contributed by atoms with Crippen LogP contribution >= 0.6 is 0 Å². The van der Waals surface area contributed by atoms with Crippen LogP contribution in [0.4, 0.5) is 0 Å². The van der Waals surface area contributed by atoms with Crippen LogP contribution < -0.4 is 5.32 Å². The van der Waals surface area contributed by atoms with Crippen molar-refractivity contribution in [2.24, 2.45) is 5.92 Å². The Morgan fingerprint density at radius 3 is 2.71 bits per heavy atom. The smallest absolute Gasteiger partial charge is 0.129 e. The fourth-order valence-corrected chi connectivity index (χ4v) is 2.21. The van der Waals surface area contributed by atoms with Crippen LogP contribution in [0.1, 0.15) is 51.2 Å². The van der Waals surface area contributed by atoms with Gasteiger partial charge >= 0.3 is 0 Å². The van der Waals surface area contributed by atoms with Gasteiger partial charge in [-0.05, 0) is 31.0 Å². The number of furan rings is 1. The largest absolute Gasteiger partial charge is 0.462 e. The monoisotopic (exact) mass is 239 g/mol. The molecule has 0 aliphatic heterocycles. The molecule has 0 saturated carbocycles. The lowest BCUT2D eigenvalue weighted by atomic mass is 9.95. The molecule has 1 aromatic heterocycles. The van der Waals surface area contributed by atoms with Gasteiger partial charge in [-0.1, -0.05) is 27.2 Å². The SMILES string of the molecule is CCCC(C)C(NCC)c1ccc(COC)o1. The van der Waals surface area contributed by atoms with E-state index in [4.69, 9.17) is 9.15 Å². The van der Waals surface area contributed by atoms with E-state index in [1.54, 1.807) is 7.11 Å². The van der Waals surface area contributed by atoms with E-state index in [9.17, 15) is 0 Å². The van der Waals surface area contributed by atoms with Crippen LogP contribution in [0.2, 0.25) is 0 Å². The van der Waals surface area contributed by atoms with Gasteiger partial charge in [-0.15, -0.1) is 0 Å². The Morgan fingerprint density at radius 2 is 2.12 bits per heavy atom. The van der Waals surface area contributed by atoms with Gasteiger partial charge in [0.1, 0.15) is 18.1 Å². The van der Waals surface area contributed by atoms with Gasteiger partial charge in [-0.2, -0.15) is 0 Å². The van der Waals surface area contributed by atoms with E-state index in [1.165, 1.54) is 12.8 Å². The van der Waals surface area contributed by atoms with Crippen molar-refractivity contribution in [3.63, 3.8) is 0 Å². The van der Waals surface area contributed by atoms with Crippen molar-refractivity contribution in [3.05, 3.63) is 23.7 Å². The molecule has 1 aromatic rings. The fourth-order valence-electron chi connectivity index (χ4n) is 2.21. The minimum atomic E-state index is 0.311. The van der Waals surface area contributed by atoms with Gasteiger partial charge in [0.05, 0.1) is 6.04 Å². The molecule has 1 N–H and O–H groups in total. The molecule has 0 amide bonds. The first-order valence-corrected chi connectivity index (χ1v) is 6.53. The molecule has 0 radical (unpaired) electrons. The number of ether oxygens (including phenoxy) is 1. The van der Waals surface area contributed by atoms with Crippen LogP contribution in [0, 0.1) is 5.92 Å². The lowest BCUT2D eigenvalue weighted by molar-refractivity contribution is 0.159. The molecule has 0 aliphatic rings. The highest BCUT2D eigenvalue weighted by Gasteiger charge is 2.20. The number of nitrogens with one attached hydrogen (secondary N) is 1. The van der Waals surface area contributed by atoms with Crippen molar-refractivity contribution in [1.82, 2.24) is 5.32 Å². The fraction of sp³-hybridized carbons (Fsp3) is 0.714. The molecule has 0 aliphatic carbocycles. The summed E-state index contributed by atoms with van der Waals surface area (Å²) in [6, 6.07) is 4.38. The molecule has 17 heavy (non-hydrogen) atoms. The molecule has 0 bridgehead atoms. The minimum Gasteiger partial charge on any atom is -0.462 e. The standard InChI is InChI=1S/C14H25NO2/c1-5-7-11(3)14(15-6-2)13-9-8-12(17-13)10-16-4/h8-9,11,14-15H,5-7,10H2,1-4H3. The summed E-state index contributed by atoms with van der Waals surface area (Å²) in [5, 5.41) is 3.50. The van der Waals surface area contributed by atoms with Crippen molar-refractivity contribution in [3.8, 4) is 0 Å². The summed E-state index contributed by atoms with van der Waals surface area (Å²) < 4.78 is 10.9. The zero-order chi connectivity index (χ0) is 12.7. The molecular formula is C14H25NO2. The third-order valence-corrected chi connectivity index (χ3v) is 3.01. The van der Waals surface area contributed by atoms with E-state index < -0.39 is 0 Å². The second-order valence-electron chi connectivity index (χ2n) is 4.54. The normalized spacial score (nSPS) is 14.8. The highest BCUT2D eigenvalue weighted by Crippen LogP contribution is 2.27. The molecule has 2 unspecified atom stereocenters. The van der Waals surface area contributed by atoms with E-state index in [-0.39, 0.29) is 0 Å². The second kappa shape index (κ2) is 7.51. The topological polar surface area (TPSA) is 34.4 Å². The van der Waals surface area contributed by atoms with Gasteiger partial charge in [0.25, 0.3) is 0 Å². The van der Waals surface area contributed by atoms with E-state index in [0.717, 1.165) is 18.1 Å². The third-order valence-electron chi connectivity index (χ3n) is 3.01. The van der Waals surface area contributed by atoms with Crippen molar-refractivity contribution in [2.75, 3.05) is 13.7 Å². The maximum Gasteiger partial charge on any atom is 0.129 e. The van der Waals surface area contributed by atoms with Crippen molar-refractivity contribution in [2.45, 2.75) is 46.3 Å². The maximum absolute atomic E-state index is 5.82. The predicted molar refractivity (Wildman–Crippen MR) is 69.9 cm³/mol. The van der Waals surface area contributed by atoms with Gasteiger partial charge in [0.15, 0.2) is 0 Å². The summed E-state index contributed by atoms with van der Waals surface area (Å²) >= 11 is 0. The van der Waals surface area contributed by atoms with Crippen LogP contribution in [0.25, 0.3) is 0 Å². The lowest BCUT2D eigenvalue weighted by Crippen LogP contribution is -2.26. The quantitative estimate of drug-likeness (QED) is 0.753. The van der Waals surface area contributed by atoms with Crippen LogP contribution in [-0.4, -0.2) is 13.7 Å². The molecule has 1 heterocycles. The Labute approximate surface area is 105 Å². The summed E-state index contributed by atoms with van der Waals surface area (Å²) in [5.41, 5.74) is 0. The first-order valence-electron chi connectivity index (χ1n) is 6.53. The average molecular weight is 239 g/mol. The summed E-state index contributed by atoms with van der Waals surface area (Å²) in [7, 11) is 1.68. The molecule has 3 heteroatoms. The Morgan fingerprint density at radius 1 is 1.35 bits per heavy atom. The van der Waals surface area contributed by atoms with Gasteiger partial charge in [0.2, 0.25) is 0 Å². The van der Waals surface area contributed by atoms with Crippen molar-refractivity contribution in [1.29, 1.82) is 0 Å². The van der Waals surface area contributed by atoms with Gasteiger partial charge in [-0.25, -0.2) is 0 Å². The maximum atomic E-state index is 5.82. The van der Waals surface area contributed by atoms with Crippen LogP contribution in [0.5, 0.6) is 0 Å². The molecule has 2 atom stereocenters. The number of hydrogen-bond acceptors (Lipinski definition) is 3. The summed E-state index contributed by atoms with van der Waals surface area (Å²) in [6.07, 6.45) is 2.41.